The largest absolute Gasteiger partial charge is 0.487 e. The number of hydrogen-bond donors (Lipinski definition) is 2. The summed E-state index contributed by atoms with van der Waals surface area (Å²) in [5, 5.41) is 15.4. The first-order valence-electron chi connectivity index (χ1n) is 10.8. The molecule has 1 aromatic carbocycles. The van der Waals surface area contributed by atoms with Crippen LogP contribution in [0.25, 0.3) is 0 Å². The zero-order valence-corrected chi connectivity index (χ0v) is 18.1. The van der Waals surface area contributed by atoms with Crippen molar-refractivity contribution < 1.29 is 9.47 Å². The summed E-state index contributed by atoms with van der Waals surface area (Å²) in [6, 6.07) is 8.49. The maximum atomic E-state index is 6.50. The van der Waals surface area contributed by atoms with Gasteiger partial charge in [-0.25, -0.2) is 4.99 Å². The van der Waals surface area contributed by atoms with E-state index in [2.05, 4.69) is 39.0 Å². The number of benzene rings is 1. The molecule has 8 nitrogen and oxygen atoms in total. The lowest BCUT2D eigenvalue weighted by Gasteiger charge is -2.40. The number of aryl methyl sites for hydroxylation is 1. The number of para-hydroxylation sites is 1. The molecule has 0 amide bonds. The van der Waals surface area contributed by atoms with Crippen molar-refractivity contribution in [1.29, 1.82) is 0 Å². The number of hydrogen-bond acceptors (Lipinski definition) is 5. The molecule has 1 unspecified atom stereocenters. The molecule has 1 spiro atoms. The van der Waals surface area contributed by atoms with E-state index in [1.54, 1.807) is 7.11 Å². The van der Waals surface area contributed by atoms with Crippen molar-refractivity contribution in [2.24, 2.45) is 12.0 Å². The zero-order valence-electron chi connectivity index (χ0n) is 18.1. The SMILES string of the molecule is COCCNC(=NCc1nnc(C)n1C)NC1CC2(CCCC2)Oc2ccccc21. The molecule has 2 aromatic rings. The maximum Gasteiger partial charge on any atom is 0.192 e. The van der Waals surface area contributed by atoms with Gasteiger partial charge in [0.05, 0.1) is 12.6 Å². The fourth-order valence-electron chi connectivity index (χ4n) is 4.40. The molecule has 1 saturated carbocycles. The molecule has 0 radical (unpaired) electrons. The van der Waals surface area contributed by atoms with E-state index in [0.29, 0.717) is 19.7 Å². The van der Waals surface area contributed by atoms with Crippen LogP contribution in [0.5, 0.6) is 5.75 Å². The quantitative estimate of drug-likeness (QED) is 0.431. The van der Waals surface area contributed by atoms with Crippen molar-refractivity contribution in [3.8, 4) is 5.75 Å². The van der Waals surface area contributed by atoms with Crippen LogP contribution >= 0.6 is 0 Å². The topological polar surface area (TPSA) is 85.6 Å². The van der Waals surface area contributed by atoms with Crippen LogP contribution in [0.15, 0.2) is 29.3 Å². The number of rotatable bonds is 6. The number of ether oxygens (including phenoxy) is 2. The molecule has 1 aliphatic carbocycles. The zero-order chi connectivity index (χ0) is 21.0. The summed E-state index contributed by atoms with van der Waals surface area (Å²) in [7, 11) is 3.66. The van der Waals surface area contributed by atoms with Gasteiger partial charge in [-0.05, 0) is 38.7 Å². The Hall–Kier alpha value is -2.61. The lowest BCUT2D eigenvalue weighted by atomic mass is 9.86. The summed E-state index contributed by atoms with van der Waals surface area (Å²) >= 11 is 0. The Bertz CT molecular complexity index is 888. The van der Waals surface area contributed by atoms with E-state index in [9.17, 15) is 0 Å². The summed E-state index contributed by atoms with van der Waals surface area (Å²) in [4.78, 5) is 4.80. The highest BCUT2D eigenvalue weighted by atomic mass is 16.5. The Morgan fingerprint density at radius 2 is 2.10 bits per heavy atom. The fraction of sp³-hybridized carbons (Fsp3) is 0.591. The maximum absolute atomic E-state index is 6.50. The highest BCUT2D eigenvalue weighted by Gasteiger charge is 2.43. The first-order chi connectivity index (χ1) is 14.6. The Balaban J connectivity index is 1.56. The highest BCUT2D eigenvalue weighted by molar-refractivity contribution is 5.80. The van der Waals surface area contributed by atoms with Crippen LogP contribution in [0.4, 0.5) is 0 Å². The van der Waals surface area contributed by atoms with E-state index < -0.39 is 0 Å². The van der Waals surface area contributed by atoms with Gasteiger partial charge in [0.2, 0.25) is 0 Å². The number of guanidine groups is 1. The van der Waals surface area contributed by atoms with Gasteiger partial charge >= 0.3 is 0 Å². The monoisotopic (exact) mass is 412 g/mol. The summed E-state index contributed by atoms with van der Waals surface area (Å²) < 4.78 is 13.7. The second-order valence-electron chi connectivity index (χ2n) is 8.24. The molecular weight excluding hydrogens is 380 g/mol. The van der Waals surface area contributed by atoms with Crippen molar-refractivity contribution in [3.63, 3.8) is 0 Å². The van der Waals surface area contributed by atoms with Gasteiger partial charge in [0.1, 0.15) is 23.7 Å². The van der Waals surface area contributed by atoms with Gasteiger partial charge in [0, 0.05) is 32.7 Å². The molecule has 8 heteroatoms. The number of aliphatic imine (C=N–C) groups is 1. The molecule has 1 aromatic heterocycles. The lowest BCUT2D eigenvalue weighted by molar-refractivity contribution is 0.0395. The molecule has 1 aliphatic heterocycles. The van der Waals surface area contributed by atoms with Crippen molar-refractivity contribution in [1.82, 2.24) is 25.4 Å². The van der Waals surface area contributed by atoms with Gasteiger partial charge in [0.15, 0.2) is 11.8 Å². The molecule has 2 heterocycles. The molecule has 162 valence electrons. The van der Waals surface area contributed by atoms with Gasteiger partial charge in [0.25, 0.3) is 0 Å². The molecule has 0 saturated heterocycles. The van der Waals surface area contributed by atoms with Crippen molar-refractivity contribution >= 4 is 5.96 Å². The third-order valence-corrected chi connectivity index (χ3v) is 6.18. The minimum Gasteiger partial charge on any atom is -0.487 e. The predicted octanol–water partition coefficient (Wildman–Crippen LogP) is 2.64. The average molecular weight is 413 g/mol. The van der Waals surface area contributed by atoms with Gasteiger partial charge in [-0.15, -0.1) is 10.2 Å². The van der Waals surface area contributed by atoms with Crippen molar-refractivity contribution in [2.45, 2.75) is 57.2 Å². The third-order valence-electron chi connectivity index (χ3n) is 6.18. The number of nitrogens with zero attached hydrogens (tertiary/aromatic N) is 4. The van der Waals surface area contributed by atoms with Crippen LogP contribution in [0.3, 0.4) is 0 Å². The van der Waals surface area contributed by atoms with Gasteiger partial charge in [-0.3, -0.25) is 0 Å². The number of aromatic nitrogens is 3. The fourth-order valence-corrected chi connectivity index (χ4v) is 4.40. The highest BCUT2D eigenvalue weighted by Crippen LogP contribution is 2.46. The summed E-state index contributed by atoms with van der Waals surface area (Å²) in [5.41, 5.74) is 1.12. The van der Waals surface area contributed by atoms with Gasteiger partial charge < -0.3 is 24.7 Å². The lowest BCUT2D eigenvalue weighted by Crippen LogP contribution is -2.47. The summed E-state index contributed by atoms with van der Waals surface area (Å²) in [6.07, 6.45) is 5.63. The van der Waals surface area contributed by atoms with Crippen molar-refractivity contribution in [3.05, 3.63) is 41.5 Å². The smallest absolute Gasteiger partial charge is 0.192 e. The van der Waals surface area contributed by atoms with E-state index in [1.807, 2.05) is 24.6 Å². The molecule has 2 aliphatic rings. The minimum atomic E-state index is -0.0651. The Morgan fingerprint density at radius 1 is 1.30 bits per heavy atom. The molecule has 0 bridgehead atoms. The Labute approximate surface area is 178 Å². The van der Waals surface area contributed by atoms with Crippen molar-refractivity contribution in [2.75, 3.05) is 20.3 Å². The number of fused-ring (bicyclic) bond motifs is 1. The van der Waals surface area contributed by atoms with Crippen LogP contribution in [-0.2, 0) is 18.3 Å². The van der Waals surface area contributed by atoms with E-state index >= 15 is 0 Å². The van der Waals surface area contributed by atoms with Gasteiger partial charge in [-0.2, -0.15) is 0 Å². The number of methoxy groups -OCH3 is 1. The van der Waals surface area contributed by atoms with E-state index in [1.165, 1.54) is 18.4 Å². The van der Waals surface area contributed by atoms with Crippen LogP contribution in [0.2, 0.25) is 0 Å². The van der Waals surface area contributed by atoms with E-state index in [4.69, 9.17) is 14.5 Å². The summed E-state index contributed by atoms with van der Waals surface area (Å²) in [6.45, 7) is 3.68. The van der Waals surface area contributed by atoms with Crippen LogP contribution in [0, 0.1) is 6.92 Å². The minimum absolute atomic E-state index is 0.0651. The molecule has 30 heavy (non-hydrogen) atoms. The first-order valence-corrected chi connectivity index (χ1v) is 10.8. The Kier molecular flexibility index (Phi) is 6.22. The molecule has 1 atom stereocenters. The van der Waals surface area contributed by atoms with E-state index in [-0.39, 0.29) is 11.6 Å². The third kappa shape index (κ3) is 4.43. The summed E-state index contributed by atoms with van der Waals surface area (Å²) in [5.74, 6) is 3.45. The average Bonchev–Trinajstić information content (AvgIpc) is 3.33. The van der Waals surface area contributed by atoms with E-state index in [0.717, 1.165) is 42.6 Å². The Morgan fingerprint density at radius 3 is 2.83 bits per heavy atom. The van der Waals surface area contributed by atoms with Crippen LogP contribution in [-0.4, -0.2) is 46.6 Å². The normalized spacial score (nSPS) is 20.1. The molecule has 2 N–H and O–H groups in total. The second kappa shape index (κ2) is 9.04. The first kappa shape index (κ1) is 20.7. The predicted molar refractivity (Wildman–Crippen MR) is 116 cm³/mol. The van der Waals surface area contributed by atoms with Crippen LogP contribution < -0.4 is 15.4 Å². The second-order valence-corrected chi connectivity index (χ2v) is 8.24. The molecule has 1 fully saturated rings. The molecule has 4 rings (SSSR count). The number of nitrogens with one attached hydrogen (secondary N) is 2. The molecular formula is C22H32N6O2. The van der Waals surface area contributed by atoms with Crippen LogP contribution in [0.1, 0.15) is 55.4 Å². The van der Waals surface area contributed by atoms with Gasteiger partial charge in [-0.1, -0.05) is 18.2 Å². The standard InChI is InChI=1S/C22H32N6O2/c1-16-26-27-20(28(16)2)15-24-21(23-12-13-29-3)25-18-14-22(10-6-7-11-22)30-19-9-5-4-8-17(18)19/h4-5,8-9,18H,6-7,10-15H2,1-3H3,(H2,23,24,25).